The first-order chi connectivity index (χ1) is 12.7. The van der Waals surface area contributed by atoms with Crippen LogP contribution in [0.25, 0.3) is 0 Å². The second-order valence-electron chi connectivity index (χ2n) is 5.88. The molecule has 6 heteroatoms. The average Bonchev–Trinajstić information content (AvgIpc) is 3.12. The van der Waals surface area contributed by atoms with E-state index in [-0.39, 0.29) is 12.7 Å². The summed E-state index contributed by atoms with van der Waals surface area (Å²) in [5.74, 6) is 2.31. The second-order valence-corrected chi connectivity index (χ2v) is 5.88. The van der Waals surface area contributed by atoms with Gasteiger partial charge in [0.05, 0.1) is 13.2 Å². The molecule has 138 valence electrons. The van der Waals surface area contributed by atoms with Gasteiger partial charge in [-0.25, -0.2) is 0 Å². The van der Waals surface area contributed by atoms with E-state index in [1.165, 1.54) is 0 Å². The largest absolute Gasteiger partial charge is 0.490 e. The van der Waals surface area contributed by atoms with E-state index in [1.54, 1.807) is 36.4 Å². The minimum Gasteiger partial charge on any atom is -0.490 e. The predicted molar refractivity (Wildman–Crippen MR) is 98.5 cm³/mol. The fourth-order valence-corrected chi connectivity index (χ4v) is 2.48. The zero-order chi connectivity index (χ0) is 18.4. The summed E-state index contributed by atoms with van der Waals surface area (Å²) < 4.78 is 22.1. The molecule has 1 amide bonds. The summed E-state index contributed by atoms with van der Waals surface area (Å²) in [4.78, 5) is 12.6. The van der Waals surface area contributed by atoms with E-state index in [0.717, 1.165) is 12.8 Å². The molecule has 0 unspecified atom stereocenters. The number of carbonyl (C=O) groups is 1. The van der Waals surface area contributed by atoms with Gasteiger partial charge in [0.2, 0.25) is 6.79 Å². The lowest BCUT2D eigenvalue weighted by molar-refractivity contribution is 0.102. The first kappa shape index (κ1) is 17.9. The van der Waals surface area contributed by atoms with Crippen molar-refractivity contribution in [1.82, 2.24) is 0 Å². The zero-order valence-electron chi connectivity index (χ0n) is 15.0. The lowest BCUT2D eigenvalue weighted by atomic mass is 10.1. The molecule has 26 heavy (non-hydrogen) atoms. The molecule has 0 saturated carbocycles. The van der Waals surface area contributed by atoms with Gasteiger partial charge >= 0.3 is 0 Å². The van der Waals surface area contributed by atoms with E-state index in [2.05, 4.69) is 5.32 Å². The topological polar surface area (TPSA) is 66.0 Å². The Morgan fingerprint density at radius 3 is 2.46 bits per heavy atom. The van der Waals surface area contributed by atoms with E-state index in [0.29, 0.717) is 47.5 Å². The van der Waals surface area contributed by atoms with Gasteiger partial charge in [-0.3, -0.25) is 4.79 Å². The quantitative estimate of drug-likeness (QED) is 0.765. The number of rotatable bonds is 8. The summed E-state index contributed by atoms with van der Waals surface area (Å²) in [5, 5.41) is 2.86. The van der Waals surface area contributed by atoms with Gasteiger partial charge in [0.15, 0.2) is 23.0 Å². The summed E-state index contributed by atoms with van der Waals surface area (Å²) in [6, 6.07) is 10.5. The van der Waals surface area contributed by atoms with Crippen LogP contribution in [-0.4, -0.2) is 25.9 Å². The van der Waals surface area contributed by atoms with Crippen LogP contribution in [0.15, 0.2) is 36.4 Å². The maximum absolute atomic E-state index is 12.6. The molecule has 0 bridgehead atoms. The normalized spacial score (nSPS) is 11.9. The Morgan fingerprint density at radius 1 is 0.962 bits per heavy atom. The van der Waals surface area contributed by atoms with Crippen molar-refractivity contribution in [3.63, 3.8) is 0 Å². The van der Waals surface area contributed by atoms with E-state index >= 15 is 0 Å². The van der Waals surface area contributed by atoms with E-state index in [4.69, 9.17) is 18.9 Å². The molecular weight excluding hydrogens is 334 g/mol. The first-order valence-electron chi connectivity index (χ1n) is 8.82. The number of hydrogen-bond acceptors (Lipinski definition) is 5. The van der Waals surface area contributed by atoms with Gasteiger partial charge in [0.1, 0.15) is 0 Å². The monoisotopic (exact) mass is 357 g/mol. The molecule has 1 aliphatic heterocycles. The first-order valence-corrected chi connectivity index (χ1v) is 8.82. The Balaban J connectivity index is 1.75. The SMILES string of the molecule is CCCOc1ccc(C(=O)Nc2ccc3c(c2)OCO3)cc1OCCC. The van der Waals surface area contributed by atoms with Crippen molar-refractivity contribution in [2.24, 2.45) is 0 Å². The van der Waals surface area contributed by atoms with Gasteiger partial charge in [0, 0.05) is 17.3 Å². The van der Waals surface area contributed by atoms with Gasteiger partial charge in [-0.05, 0) is 43.2 Å². The van der Waals surface area contributed by atoms with E-state index in [9.17, 15) is 4.79 Å². The van der Waals surface area contributed by atoms with Gasteiger partial charge < -0.3 is 24.3 Å². The number of carbonyl (C=O) groups excluding carboxylic acids is 1. The number of amides is 1. The van der Waals surface area contributed by atoms with Gasteiger partial charge in [-0.1, -0.05) is 13.8 Å². The Labute approximate surface area is 153 Å². The standard InChI is InChI=1S/C20H23NO5/c1-3-9-23-16-7-5-14(11-18(16)24-10-4-2)20(22)21-15-6-8-17-19(12-15)26-13-25-17/h5-8,11-12H,3-4,9-10,13H2,1-2H3,(H,21,22). The zero-order valence-corrected chi connectivity index (χ0v) is 15.0. The molecular formula is C20H23NO5. The molecule has 2 aromatic carbocycles. The summed E-state index contributed by atoms with van der Waals surface area (Å²) in [6.45, 7) is 5.44. The van der Waals surface area contributed by atoms with Crippen LogP contribution in [0, 0.1) is 0 Å². The maximum Gasteiger partial charge on any atom is 0.255 e. The Hall–Kier alpha value is -2.89. The molecule has 1 heterocycles. The van der Waals surface area contributed by atoms with Gasteiger partial charge in [0.25, 0.3) is 5.91 Å². The summed E-state index contributed by atoms with van der Waals surface area (Å²) >= 11 is 0. The van der Waals surface area contributed by atoms with Crippen molar-refractivity contribution in [1.29, 1.82) is 0 Å². The molecule has 2 aromatic rings. The van der Waals surface area contributed by atoms with Crippen LogP contribution in [0.2, 0.25) is 0 Å². The minimum absolute atomic E-state index is 0.198. The highest BCUT2D eigenvalue weighted by Gasteiger charge is 2.16. The van der Waals surface area contributed by atoms with Gasteiger partial charge in [-0.2, -0.15) is 0 Å². The van der Waals surface area contributed by atoms with Crippen LogP contribution in [0.5, 0.6) is 23.0 Å². The summed E-state index contributed by atoms with van der Waals surface area (Å²) in [7, 11) is 0. The minimum atomic E-state index is -0.229. The fourth-order valence-electron chi connectivity index (χ4n) is 2.48. The fraction of sp³-hybridized carbons (Fsp3) is 0.350. The van der Waals surface area contributed by atoms with Crippen molar-refractivity contribution in [2.75, 3.05) is 25.3 Å². The highest BCUT2D eigenvalue weighted by molar-refractivity contribution is 6.04. The lowest BCUT2D eigenvalue weighted by Gasteiger charge is -2.13. The van der Waals surface area contributed by atoms with E-state index < -0.39 is 0 Å². The molecule has 1 aliphatic rings. The average molecular weight is 357 g/mol. The molecule has 0 aliphatic carbocycles. The molecule has 0 saturated heterocycles. The summed E-state index contributed by atoms with van der Waals surface area (Å²) in [5.41, 5.74) is 1.14. The van der Waals surface area contributed by atoms with Crippen molar-refractivity contribution < 1.29 is 23.7 Å². The van der Waals surface area contributed by atoms with Crippen LogP contribution in [-0.2, 0) is 0 Å². The van der Waals surface area contributed by atoms with Crippen LogP contribution in [0.4, 0.5) is 5.69 Å². The van der Waals surface area contributed by atoms with Crippen molar-refractivity contribution >= 4 is 11.6 Å². The molecule has 1 N–H and O–H groups in total. The number of hydrogen-bond donors (Lipinski definition) is 1. The Kier molecular flexibility index (Phi) is 5.84. The third-order valence-electron chi connectivity index (χ3n) is 3.76. The maximum atomic E-state index is 12.6. The van der Waals surface area contributed by atoms with Crippen LogP contribution in [0.3, 0.4) is 0 Å². The number of anilines is 1. The highest BCUT2D eigenvalue weighted by atomic mass is 16.7. The molecule has 0 atom stereocenters. The molecule has 0 spiro atoms. The Morgan fingerprint density at radius 2 is 1.69 bits per heavy atom. The molecule has 0 aromatic heterocycles. The van der Waals surface area contributed by atoms with Gasteiger partial charge in [-0.15, -0.1) is 0 Å². The number of benzene rings is 2. The van der Waals surface area contributed by atoms with Crippen molar-refractivity contribution in [3.8, 4) is 23.0 Å². The smallest absolute Gasteiger partial charge is 0.255 e. The third-order valence-corrected chi connectivity index (χ3v) is 3.76. The highest BCUT2D eigenvalue weighted by Crippen LogP contribution is 2.34. The van der Waals surface area contributed by atoms with Crippen LogP contribution in [0.1, 0.15) is 37.0 Å². The molecule has 3 rings (SSSR count). The van der Waals surface area contributed by atoms with Crippen molar-refractivity contribution in [3.05, 3.63) is 42.0 Å². The van der Waals surface area contributed by atoms with E-state index in [1.807, 2.05) is 13.8 Å². The van der Waals surface area contributed by atoms with Crippen LogP contribution < -0.4 is 24.3 Å². The Bertz CT molecular complexity index is 775. The summed E-state index contributed by atoms with van der Waals surface area (Å²) in [6.07, 6.45) is 1.78. The molecule has 0 radical (unpaired) electrons. The molecule has 6 nitrogen and oxygen atoms in total. The number of fused-ring (bicyclic) bond motifs is 1. The molecule has 0 fully saturated rings. The lowest BCUT2D eigenvalue weighted by Crippen LogP contribution is -2.12. The number of ether oxygens (including phenoxy) is 4. The van der Waals surface area contributed by atoms with Crippen LogP contribution >= 0.6 is 0 Å². The number of nitrogens with one attached hydrogen (secondary N) is 1. The predicted octanol–water partition coefficient (Wildman–Crippen LogP) is 4.25. The third kappa shape index (κ3) is 4.20. The van der Waals surface area contributed by atoms with Crippen molar-refractivity contribution in [2.45, 2.75) is 26.7 Å². The second kappa shape index (κ2) is 8.47.